The molecule has 0 spiro atoms. The fraction of sp³-hybridized carbons (Fsp3) is 0.500. The van der Waals surface area contributed by atoms with E-state index in [2.05, 4.69) is 5.32 Å². The van der Waals surface area contributed by atoms with Gasteiger partial charge in [-0.05, 0) is 25.0 Å². The van der Waals surface area contributed by atoms with E-state index in [1.54, 1.807) is 6.92 Å². The van der Waals surface area contributed by atoms with E-state index in [-0.39, 0.29) is 16.5 Å². The van der Waals surface area contributed by atoms with Gasteiger partial charge in [0, 0.05) is 6.04 Å². The lowest BCUT2D eigenvalue weighted by molar-refractivity contribution is -0.144. The van der Waals surface area contributed by atoms with E-state index in [0.29, 0.717) is 12.1 Å². The molecule has 1 rings (SSSR count). The van der Waals surface area contributed by atoms with E-state index in [0.717, 1.165) is 0 Å². The molecule has 0 saturated heterocycles. The number of halogens is 3. The van der Waals surface area contributed by atoms with Gasteiger partial charge in [-0.2, -0.15) is 13.2 Å². The maximum atomic E-state index is 13.0. The zero-order valence-corrected chi connectivity index (χ0v) is 12.9. The van der Waals surface area contributed by atoms with Crippen LogP contribution in [0.25, 0.3) is 0 Å². The molecule has 128 valence electrons. The minimum Gasteiger partial charge on any atom is -0.365 e. The molecule has 2 amide bonds. The van der Waals surface area contributed by atoms with E-state index >= 15 is 0 Å². The summed E-state index contributed by atoms with van der Waals surface area (Å²) < 4.78 is 39.2. The van der Waals surface area contributed by atoms with Gasteiger partial charge in [0.05, 0.1) is 0 Å². The number of primary amides is 1. The van der Waals surface area contributed by atoms with E-state index in [4.69, 9.17) is 5.73 Å². The third-order valence-corrected chi connectivity index (χ3v) is 3.42. The Morgan fingerprint density at radius 1 is 1.26 bits per heavy atom. The van der Waals surface area contributed by atoms with Crippen LogP contribution in [0.3, 0.4) is 0 Å². The number of hydrogen-bond acceptors (Lipinski definition) is 3. The SMILES string of the molecule is CC(C)[C@H](C)NC(=O)Cn1c(C(F)(F)F)ccc(C(N)=O)c1=O. The molecule has 9 heteroatoms. The van der Waals surface area contributed by atoms with Crippen LogP contribution < -0.4 is 16.6 Å². The molecule has 0 saturated carbocycles. The van der Waals surface area contributed by atoms with Crippen molar-refractivity contribution in [3.63, 3.8) is 0 Å². The van der Waals surface area contributed by atoms with Crippen LogP contribution in [0, 0.1) is 5.92 Å². The van der Waals surface area contributed by atoms with Crippen LogP contribution in [-0.2, 0) is 17.5 Å². The molecular weight excluding hydrogens is 315 g/mol. The van der Waals surface area contributed by atoms with E-state index in [1.807, 2.05) is 13.8 Å². The number of rotatable bonds is 5. The molecule has 0 aliphatic heterocycles. The Balaban J connectivity index is 3.26. The fourth-order valence-corrected chi connectivity index (χ4v) is 1.78. The first-order chi connectivity index (χ1) is 10.4. The molecule has 0 unspecified atom stereocenters. The van der Waals surface area contributed by atoms with Gasteiger partial charge in [-0.25, -0.2) is 0 Å². The number of hydrogen-bond donors (Lipinski definition) is 2. The molecule has 3 N–H and O–H groups in total. The predicted molar refractivity (Wildman–Crippen MR) is 76.7 cm³/mol. The number of nitrogens with one attached hydrogen (secondary N) is 1. The summed E-state index contributed by atoms with van der Waals surface area (Å²) in [6.45, 7) is 4.49. The lowest BCUT2D eigenvalue weighted by Gasteiger charge is -2.20. The number of nitrogens with zero attached hydrogens (tertiary/aromatic N) is 1. The number of carbonyl (C=O) groups excluding carboxylic acids is 2. The molecule has 1 aromatic heterocycles. The van der Waals surface area contributed by atoms with Crippen molar-refractivity contribution in [1.82, 2.24) is 9.88 Å². The smallest absolute Gasteiger partial charge is 0.365 e. The largest absolute Gasteiger partial charge is 0.431 e. The van der Waals surface area contributed by atoms with Crippen molar-refractivity contribution in [2.24, 2.45) is 11.7 Å². The number of alkyl halides is 3. The molecule has 0 radical (unpaired) electrons. The first-order valence-corrected chi connectivity index (χ1v) is 6.85. The highest BCUT2D eigenvalue weighted by molar-refractivity contribution is 5.92. The average Bonchev–Trinajstić information content (AvgIpc) is 2.38. The van der Waals surface area contributed by atoms with Crippen LogP contribution >= 0.6 is 0 Å². The second-order valence-electron chi connectivity index (χ2n) is 5.49. The summed E-state index contributed by atoms with van der Waals surface area (Å²) in [7, 11) is 0. The monoisotopic (exact) mass is 333 g/mol. The summed E-state index contributed by atoms with van der Waals surface area (Å²) in [6, 6.07) is 0.978. The van der Waals surface area contributed by atoms with Crippen molar-refractivity contribution in [3.8, 4) is 0 Å². The number of aromatic nitrogens is 1. The van der Waals surface area contributed by atoms with Crippen LogP contribution in [-0.4, -0.2) is 22.4 Å². The minimum absolute atomic E-state index is 0.0645. The van der Waals surface area contributed by atoms with E-state index in [9.17, 15) is 27.6 Å². The van der Waals surface area contributed by atoms with Gasteiger partial charge < -0.3 is 11.1 Å². The number of nitrogens with two attached hydrogens (primary N) is 1. The second kappa shape index (κ2) is 6.84. The topological polar surface area (TPSA) is 94.2 Å². The Morgan fingerprint density at radius 3 is 2.26 bits per heavy atom. The first kappa shape index (κ1) is 18.7. The van der Waals surface area contributed by atoms with Crippen LogP contribution in [0.5, 0.6) is 0 Å². The Labute approximate surface area is 130 Å². The minimum atomic E-state index is -4.85. The summed E-state index contributed by atoms with van der Waals surface area (Å²) in [6.07, 6.45) is -4.85. The first-order valence-electron chi connectivity index (χ1n) is 6.85. The molecule has 0 bridgehead atoms. The third kappa shape index (κ3) is 4.57. The van der Waals surface area contributed by atoms with Crippen molar-refractivity contribution in [2.45, 2.75) is 39.5 Å². The molecule has 1 heterocycles. The van der Waals surface area contributed by atoms with Crippen molar-refractivity contribution >= 4 is 11.8 Å². The Kier molecular flexibility index (Phi) is 5.57. The standard InChI is InChI=1S/C14H18F3N3O3/c1-7(2)8(3)19-11(21)6-20-10(14(15,16)17)5-4-9(12(18)22)13(20)23/h4-5,7-8H,6H2,1-3H3,(H2,18,22)(H,19,21)/t8-/m0/s1. The van der Waals surface area contributed by atoms with E-state index in [1.165, 1.54) is 0 Å². The number of carbonyl (C=O) groups is 2. The number of pyridine rings is 1. The zero-order chi connectivity index (χ0) is 17.9. The summed E-state index contributed by atoms with van der Waals surface area (Å²) in [4.78, 5) is 35.0. The molecule has 0 fully saturated rings. The average molecular weight is 333 g/mol. The normalized spacial score (nSPS) is 13.0. The Bertz CT molecular complexity index is 665. The van der Waals surface area contributed by atoms with Gasteiger partial charge in [0.1, 0.15) is 17.8 Å². The van der Waals surface area contributed by atoms with Crippen LogP contribution in [0.4, 0.5) is 13.2 Å². The highest BCUT2D eigenvalue weighted by Gasteiger charge is 2.35. The summed E-state index contributed by atoms with van der Waals surface area (Å²) >= 11 is 0. The lowest BCUT2D eigenvalue weighted by Crippen LogP contribution is -2.42. The number of amides is 2. The molecule has 1 atom stereocenters. The maximum absolute atomic E-state index is 13.0. The highest BCUT2D eigenvalue weighted by atomic mass is 19.4. The molecule has 1 aromatic rings. The molecule has 0 aliphatic carbocycles. The quantitative estimate of drug-likeness (QED) is 0.845. The third-order valence-electron chi connectivity index (χ3n) is 3.42. The molecule has 0 aromatic carbocycles. The maximum Gasteiger partial charge on any atom is 0.431 e. The molecule has 6 nitrogen and oxygen atoms in total. The summed E-state index contributed by atoms with van der Waals surface area (Å²) in [5, 5.41) is 2.50. The zero-order valence-electron chi connectivity index (χ0n) is 12.9. The Morgan fingerprint density at radius 2 is 1.83 bits per heavy atom. The van der Waals surface area contributed by atoms with Crippen LogP contribution in [0.15, 0.2) is 16.9 Å². The molecule has 0 aliphatic rings. The highest BCUT2D eigenvalue weighted by Crippen LogP contribution is 2.28. The fourth-order valence-electron chi connectivity index (χ4n) is 1.78. The Hall–Kier alpha value is -2.32. The van der Waals surface area contributed by atoms with Crippen LogP contribution in [0.1, 0.15) is 36.8 Å². The van der Waals surface area contributed by atoms with Crippen molar-refractivity contribution < 1.29 is 22.8 Å². The van der Waals surface area contributed by atoms with Gasteiger partial charge >= 0.3 is 6.18 Å². The van der Waals surface area contributed by atoms with E-state index < -0.39 is 41.4 Å². The van der Waals surface area contributed by atoms with Gasteiger partial charge in [-0.15, -0.1) is 0 Å². The molecular formula is C14H18F3N3O3. The predicted octanol–water partition coefficient (Wildman–Crippen LogP) is 1.13. The van der Waals surface area contributed by atoms with Crippen LogP contribution in [0.2, 0.25) is 0 Å². The molecule has 23 heavy (non-hydrogen) atoms. The van der Waals surface area contributed by atoms with Gasteiger partial charge in [0.15, 0.2) is 0 Å². The summed E-state index contributed by atoms with van der Waals surface area (Å²) in [5.74, 6) is -1.86. The van der Waals surface area contributed by atoms with Crippen molar-refractivity contribution in [3.05, 3.63) is 33.7 Å². The lowest BCUT2D eigenvalue weighted by atomic mass is 10.1. The van der Waals surface area contributed by atoms with Crippen molar-refractivity contribution in [2.75, 3.05) is 0 Å². The summed E-state index contributed by atoms with van der Waals surface area (Å²) in [5.41, 5.74) is 1.78. The second-order valence-corrected chi connectivity index (χ2v) is 5.49. The van der Waals surface area contributed by atoms with Gasteiger partial charge in [-0.3, -0.25) is 19.0 Å². The van der Waals surface area contributed by atoms with Gasteiger partial charge in [0.25, 0.3) is 11.5 Å². The van der Waals surface area contributed by atoms with Crippen molar-refractivity contribution in [1.29, 1.82) is 0 Å². The van der Waals surface area contributed by atoms with Gasteiger partial charge in [0.2, 0.25) is 5.91 Å². The van der Waals surface area contributed by atoms with Gasteiger partial charge in [-0.1, -0.05) is 13.8 Å².